The zero-order valence-electron chi connectivity index (χ0n) is 12.8. The molecule has 3 heteroatoms. The van der Waals surface area contributed by atoms with Crippen molar-refractivity contribution in [1.29, 1.82) is 0 Å². The van der Waals surface area contributed by atoms with Gasteiger partial charge in [-0.25, -0.2) is 4.39 Å². The fraction of sp³-hybridized carbons (Fsp3) is 0.158. The van der Waals surface area contributed by atoms with Crippen LogP contribution >= 0.6 is 0 Å². The lowest BCUT2D eigenvalue weighted by Gasteiger charge is -2.31. The fourth-order valence-corrected chi connectivity index (χ4v) is 6.12. The third kappa shape index (κ3) is 3.36. The molecule has 114 valence electrons. The van der Waals surface area contributed by atoms with Crippen molar-refractivity contribution in [1.82, 2.24) is 0 Å². The Kier molecular flexibility index (Phi) is 5.34. The summed E-state index contributed by atoms with van der Waals surface area (Å²) in [4.78, 5) is 3.56. The topological polar surface area (TPSA) is 12.0 Å². The Labute approximate surface area is 133 Å². The SMILES string of the molecule is C=CC[Si](CC=C)(CC=C)Nc1c(F)ccc2ccccc12. The van der Waals surface area contributed by atoms with E-state index in [-0.39, 0.29) is 5.82 Å². The van der Waals surface area contributed by atoms with Crippen LogP contribution in [0.1, 0.15) is 0 Å². The summed E-state index contributed by atoms with van der Waals surface area (Å²) in [6.45, 7) is 11.6. The zero-order chi connectivity index (χ0) is 16.0. The molecule has 0 amide bonds. The first-order valence-electron chi connectivity index (χ1n) is 7.44. The summed E-state index contributed by atoms with van der Waals surface area (Å²) < 4.78 is 14.5. The second kappa shape index (κ2) is 7.23. The average Bonchev–Trinajstić information content (AvgIpc) is 2.51. The van der Waals surface area contributed by atoms with Gasteiger partial charge in [0, 0.05) is 5.39 Å². The second-order valence-electron chi connectivity index (χ2n) is 5.53. The molecule has 2 aromatic carbocycles. The molecule has 0 aliphatic heterocycles. The Morgan fingerprint density at radius 3 is 2.09 bits per heavy atom. The molecule has 0 radical (unpaired) electrons. The Morgan fingerprint density at radius 2 is 1.50 bits per heavy atom. The minimum Gasteiger partial charge on any atom is -0.407 e. The van der Waals surface area contributed by atoms with E-state index in [9.17, 15) is 4.39 Å². The molecule has 0 saturated carbocycles. The van der Waals surface area contributed by atoms with Crippen LogP contribution in [0.3, 0.4) is 0 Å². The number of hydrogen-bond acceptors (Lipinski definition) is 1. The van der Waals surface area contributed by atoms with Crippen LogP contribution in [0.5, 0.6) is 0 Å². The van der Waals surface area contributed by atoms with Crippen LogP contribution in [0.25, 0.3) is 10.8 Å². The number of hydrogen-bond donors (Lipinski definition) is 1. The van der Waals surface area contributed by atoms with E-state index in [1.165, 1.54) is 6.07 Å². The van der Waals surface area contributed by atoms with Crippen molar-refractivity contribution >= 4 is 24.7 Å². The first kappa shape index (κ1) is 16.2. The molecule has 22 heavy (non-hydrogen) atoms. The first-order chi connectivity index (χ1) is 10.7. The van der Waals surface area contributed by atoms with E-state index in [0.717, 1.165) is 28.9 Å². The van der Waals surface area contributed by atoms with Gasteiger partial charge in [0.15, 0.2) is 8.24 Å². The molecule has 1 N–H and O–H groups in total. The van der Waals surface area contributed by atoms with Gasteiger partial charge in [-0.15, -0.1) is 19.7 Å². The van der Waals surface area contributed by atoms with Crippen molar-refractivity contribution in [3.8, 4) is 0 Å². The molecular formula is C19H22FNSi. The van der Waals surface area contributed by atoms with E-state index in [2.05, 4.69) is 24.7 Å². The molecule has 0 aromatic heterocycles. The lowest BCUT2D eigenvalue weighted by molar-refractivity contribution is 0.633. The minimum absolute atomic E-state index is 0.215. The summed E-state index contributed by atoms with van der Waals surface area (Å²) in [7, 11) is -2.03. The largest absolute Gasteiger partial charge is 0.407 e. The molecule has 0 atom stereocenters. The van der Waals surface area contributed by atoms with Crippen LogP contribution in [0.15, 0.2) is 74.4 Å². The molecule has 0 aliphatic carbocycles. The molecule has 0 heterocycles. The van der Waals surface area contributed by atoms with Gasteiger partial charge in [0.1, 0.15) is 5.82 Å². The highest BCUT2D eigenvalue weighted by Crippen LogP contribution is 2.32. The maximum Gasteiger partial charge on any atom is 0.164 e. The summed E-state index contributed by atoms with van der Waals surface area (Å²) in [6.07, 6.45) is 5.74. The number of fused-ring (bicyclic) bond motifs is 1. The molecule has 0 saturated heterocycles. The van der Waals surface area contributed by atoms with E-state index >= 15 is 0 Å². The molecule has 0 aliphatic rings. The molecule has 0 unspecified atom stereocenters. The van der Waals surface area contributed by atoms with Gasteiger partial charge >= 0.3 is 0 Å². The smallest absolute Gasteiger partial charge is 0.164 e. The molecule has 0 fully saturated rings. The fourth-order valence-electron chi connectivity index (χ4n) is 2.87. The van der Waals surface area contributed by atoms with E-state index in [1.54, 1.807) is 0 Å². The summed E-state index contributed by atoms with van der Waals surface area (Å²) in [5.74, 6) is -0.215. The van der Waals surface area contributed by atoms with E-state index in [1.807, 2.05) is 48.6 Å². The number of allylic oxidation sites excluding steroid dienone is 3. The van der Waals surface area contributed by atoms with Crippen LogP contribution in [0.4, 0.5) is 10.1 Å². The Balaban J connectivity index is 2.53. The van der Waals surface area contributed by atoms with Crippen LogP contribution in [0.2, 0.25) is 18.1 Å². The van der Waals surface area contributed by atoms with Crippen molar-refractivity contribution in [2.45, 2.75) is 18.1 Å². The normalized spacial score (nSPS) is 11.1. The van der Waals surface area contributed by atoms with Gasteiger partial charge in [0.05, 0.1) is 5.69 Å². The van der Waals surface area contributed by atoms with Crippen LogP contribution in [0, 0.1) is 5.82 Å². The van der Waals surface area contributed by atoms with E-state index in [4.69, 9.17) is 0 Å². The number of rotatable bonds is 8. The maximum absolute atomic E-state index is 14.5. The van der Waals surface area contributed by atoms with Crippen LogP contribution in [-0.4, -0.2) is 8.24 Å². The summed E-state index contributed by atoms with van der Waals surface area (Å²) in [6, 6.07) is 13.7. The number of benzene rings is 2. The van der Waals surface area contributed by atoms with Gasteiger partial charge in [-0.3, -0.25) is 0 Å². The maximum atomic E-state index is 14.5. The Bertz CT molecular complexity index is 666. The number of nitrogens with one attached hydrogen (secondary N) is 1. The molecular weight excluding hydrogens is 289 g/mol. The van der Waals surface area contributed by atoms with Gasteiger partial charge in [-0.2, -0.15) is 0 Å². The minimum atomic E-state index is -2.03. The highest BCUT2D eigenvalue weighted by atomic mass is 28.3. The van der Waals surface area contributed by atoms with Crippen molar-refractivity contribution in [3.63, 3.8) is 0 Å². The van der Waals surface area contributed by atoms with Gasteiger partial charge in [-0.05, 0) is 29.6 Å². The number of halogens is 1. The van der Waals surface area contributed by atoms with E-state index < -0.39 is 8.24 Å². The quantitative estimate of drug-likeness (QED) is 0.473. The van der Waals surface area contributed by atoms with Gasteiger partial charge < -0.3 is 4.98 Å². The average molecular weight is 311 g/mol. The predicted molar refractivity (Wildman–Crippen MR) is 98.3 cm³/mol. The summed E-state index contributed by atoms with van der Waals surface area (Å²) in [5, 5.41) is 1.95. The molecule has 2 rings (SSSR count). The summed E-state index contributed by atoms with van der Waals surface area (Å²) >= 11 is 0. The number of anilines is 1. The third-order valence-corrected chi connectivity index (χ3v) is 7.86. The van der Waals surface area contributed by atoms with Gasteiger partial charge in [0.25, 0.3) is 0 Å². The van der Waals surface area contributed by atoms with Crippen molar-refractivity contribution in [2.75, 3.05) is 4.98 Å². The first-order valence-corrected chi connectivity index (χ1v) is 10.1. The lowest BCUT2D eigenvalue weighted by atomic mass is 10.1. The molecule has 0 bridgehead atoms. The van der Waals surface area contributed by atoms with Crippen LogP contribution in [-0.2, 0) is 0 Å². The Hall–Kier alpha value is -2.13. The lowest BCUT2D eigenvalue weighted by Crippen LogP contribution is -2.42. The molecule has 0 spiro atoms. The standard InChI is InChI=1S/C19H22FNSi/c1-4-13-22(14-5-2,15-6-3)21-19-17-10-8-7-9-16(17)11-12-18(19)20/h4-12,21H,1-3,13-15H2. The zero-order valence-corrected chi connectivity index (χ0v) is 13.8. The van der Waals surface area contributed by atoms with Gasteiger partial charge in [-0.1, -0.05) is 48.6 Å². The predicted octanol–water partition coefficient (Wildman–Crippen LogP) is 5.89. The van der Waals surface area contributed by atoms with Crippen molar-refractivity contribution < 1.29 is 4.39 Å². The monoisotopic (exact) mass is 311 g/mol. The van der Waals surface area contributed by atoms with Crippen LogP contribution < -0.4 is 4.98 Å². The summed E-state index contributed by atoms with van der Waals surface area (Å²) in [5.41, 5.74) is 0.593. The van der Waals surface area contributed by atoms with Gasteiger partial charge in [0.2, 0.25) is 0 Å². The van der Waals surface area contributed by atoms with Crippen molar-refractivity contribution in [2.24, 2.45) is 0 Å². The highest BCUT2D eigenvalue weighted by molar-refractivity contribution is 6.84. The van der Waals surface area contributed by atoms with E-state index in [0.29, 0.717) is 5.69 Å². The second-order valence-corrected chi connectivity index (χ2v) is 9.56. The molecule has 2 aromatic rings. The Morgan fingerprint density at radius 1 is 0.909 bits per heavy atom. The molecule has 1 nitrogen and oxygen atoms in total. The van der Waals surface area contributed by atoms with Crippen molar-refractivity contribution in [3.05, 3.63) is 80.2 Å². The third-order valence-electron chi connectivity index (χ3n) is 3.87. The highest BCUT2D eigenvalue weighted by Gasteiger charge is 2.31.